The number of hydrogen-bond donors (Lipinski definition) is 0. The monoisotopic (exact) mass is 974 g/mol. The average Bonchev–Trinajstić information content (AvgIpc) is 3.75. The fraction of sp³-hybridized carbons (Fsp3) is 0.550. The minimum Gasteiger partial charge on any atom is -1.00 e. The fourth-order valence-electron chi connectivity index (χ4n) is 7.31. The summed E-state index contributed by atoms with van der Waals surface area (Å²) in [4.78, 5) is 5.05. The number of imidazole rings is 2. The molecule has 64 heavy (non-hydrogen) atoms. The third-order valence-electron chi connectivity index (χ3n) is 11.4. The van der Waals surface area contributed by atoms with Gasteiger partial charge < -0.3 is 52.7 Å². The lowest BCUT2D eigenvalue weighted by Gasteiger charge is -2.43. The molecule has 2 aliphatic heterocycles. The standard InChI is InChI=1S/C38H58N12.2CH4O4S.2ClH/c1-43-19-20-44(2)37(43)41-39-33-11-15-35(16-12-33)47-23-29-49(5,30-24-47)27-9-7-8-10-28-50(6)31-25-48(26-32-50)36-17-13-34(14-18-36)40-42-38-45(3)21-22-46(38)4;2*1-5-6(2,3)4;;/h11-22H,7-10,23-32H2,1-6H3;2*1H3,(H,2,3,4);2*1H/q+4;;;;/p-4. The number of quaternary nitrogens is 2. The molecular weight excluding hydrogens is 912 g/mol. The van der Waals surface area contributed by atoms with Crippen molar-refractivity contribution in [2.45, 2.75) is 25.7 Å². The highest BCUT2D eigenvalue weighted by Gasteiger charge is 2.30. The van der Waals surface area contributed by atoms with E-state index in [1.807, 2.05) is 71.2 Å². The van der Waals surface area contributed by atoms with E-state index in [1.165, 1.54) is 85.3 Å². The second-order valence-electron chi connectivity index (χ2n) is 16.2. The number of aromatic nitrogens is 4. The van der Waals surface area contributed by atoms with Gasteiger partial charge in [0.25, 0.3) is 0 Å². The summed E-state index contributed by atoms with van der Waals surface area (Å²) in [6, 6.07) is 17.1. The van der Waals surface area contributed by atoms with Crippen molar-refractivity contribution in [1.29, 1.82) is 0 Å². The van der Waals surface area contributed by atoms with Crippen molar-refractivity contribution in [3.05, 3.63) is 73.3 Å². The number of halogens is 2. The van der Waals surface area contributed by atoms with Crippen LogP contribution in [-0.4, -0.2) is 138 Å². The van der Waals surface area contributed by atoms with E-state index in [0.29, 0.717) is 0 Å². The lowest BCUT2D eigenvalue weighted by atomic mass is 10.1. The van der Waals surface area contributed by atoms with Crippen molar-refractivity contribution >= 4 is 55.4 Å². The van der Waals surface area contributed by atoms with E-state index in [-0.39, 0.29) is 24.8 Å². The Morgan fingerprint density at radius 1 is 0.578 bits per heavy atom. The van der Waals surface area contributed by atoms with Gasteiger partial charge in [-0.2, -0.15) is 0 Å². The predicted octanol–water partition coefficient (Wildman–Crippen LogP) is -2.17. The first-order chi connectivity index (χ1) is 29.2. The summed E-state index contributed by atoms with van der Waals surface area (Å²) in [5, 5.41) is 17.7. The van der Waals surface area contributed by atoms with E-state index in [1.54, 1.807) is 0 Å². The Bertz CT molecular complexity index is 2090. The van der Waals surface area contributed by atoms with Crippen LogP contribution in [-0.2, 0) is 57.4 Å². The van der Waals surface area contributed by atoms with Crippen molar-refractivity contribution in [2.24, 2.45) is 48.6 Å². The zero-order chi connectivity index (χ0) is 45.6. The Kier molecular flexibility index (Phi) is 22.4. The van der Waals surface area contributed by atoms with Crippen molar-refractivity contribution in [1.82, 2.24) is 9.13 Å². The molecule has 6 rings (SSSR count). The van der Waals surface area contributed by atoms with Crippen LogP contribution in [0.4, 0.5) is 34.6 Å². The molecule has 4 aromatic rings. The molecule has 0 N–H and O–H groups in total. The van der Waals surface area contributed by atoms with Gasteiger partial charge in [0.2, 0.25) is 20.8 Å². The maximum atomic E-state index is 9.22. The number of benzene rings is 2. The number of unbranched alkanes of at least 4 members (excludes halogenated alkanes) is 3. The summed E-state index contributed by atoms with van der Waals surface area (Å²) < 4.78 is 72.3. The molecule has 2 aromatic carbocycles. The Hall–Kier alpha value is -4.10. The summed E-state index contributed by atoms with van der Waals surface area (Å²) in [5.74, 6) is 1.65. The zero-order valence-corrected chi connectivity index (χ0v) is 41.2. The molecule has 20 nitrogen and oxygen atoms in total. The van der Waals surface area contributed by atoms with Crippen LogP contribution in [0, 0.1) is 0 Å². The quantitative estimate of drug-likeness (QED) is 0.0315. The van der Waals surface area contributed by atoms with Gasteiger partial charge in [0.1, 0.15) is 11.4 Å². The van der Waals surface area contributed by atoms with Gasteiger partial charge in [-0.1, -0.05) is 10.2 Å². The van der Waals surface area contributed by atoms with Crippen LogP contribution in [0.3, 0.4) is 0 Å². The second-order valence-corrected chi connectivity index (χ2v) is 18.5. The minimum absolute atomic E-state index is 0. The van der Waals surface area contributed by atoms with Crippen molar-refractivity contribution in [3.63, 3.8) is 0 Å². The smallest absolute Gasteiger partial charge is 0.421 e. The molecule has 358 valence electrons. The lowest BCUT2D eigenvalue weighted by Crippen LogP contribution is -3.00. The van der Waals surface area contributed by atoms with E-state index in [0.717, 1.165) is 63.7 Å². The van der Waals surface area contributed by atoms with E-state index in [9.17, 15) is 25.9 Å². The second kappa shape index (κ2) is 25.6. The molecule has 2 aromatic heterocycles. The topological polar surface area (TPSA) is 206 Å². The highest BCUT2D eigenvalue weighted by Crippen LogP contribution is 2.26. The Morgan fingerprint density at radius 2 is 0.875 bits per heavy atom. The van der Waals surface area contributed by atoms with Crippen molar-refractivity contribution in [2.75, 3.05) is 104 Å². The van der Waals surface area contributed by atoms with Gasteiger partial charge >= 0.3 is 11.9 Å². The average molecular weight is 976 g/mol. The third-order valence-corrected chi connectivity index (χ3v) is 12.2. The summed E-state index contributed by atoms with van der Waals surface area (Å²) in [5.41, 5.74) is 4.33. The summed E-state index contributed by atoms with van der Waals surface area (Å²) in [7, 11) is 5.63. The zero-order valence-electron chi connectivity index (χ0n) is 38.0. The molecule has 0 aliphatic carbocycles. The molecule has 0 radical (unpaired) electrons. The molecule has 0 spiro atoms. The molecule has 0 saturated carbocycles. The number of nitrogens with zero attached hydrogens (tertiary/aromatic N) is 12. The van der Waals surface area contributed by atoms with Crippen molar-refractivity contribution in [3.8, 4) is 0 Å². The van der Waals surface area contributed by atoms with Crippen LogP contribution in [0.15, 0.2) is 93.8 Å². The molecular formula is C40H64Cl2N12O8S2. The van der Waals surface area contributed by atoms with Gasteiger partial charge in [-0.05, 0) is 74.2 Å². The van der Waals surface area contributed by atoms with E-state index < -0.39 is 20.8 Å². The van der Waals surface area contributed by atoms with E-state index in [2.05, 4.69) is 101 Å². The largest absolute Gasteiger partial charge is 1.00 e. The van der Waals surface area contributed by atoms with Gasteiger partial charge in [0, 0.05) is 21.6 Å². The minimum atomic E-state index is -4.41. The normalized spacial score (nSPS) is 16.0. The Balaban J connectivity index is 0.000000889. The number of hydrogen-bond acceptors (Lipinski definition) is 14. The highest BCUT2D eigenvalue weighted by molar-refractivity contribution is 7.81. The van der Waals surface area contributed by atoms with Crippen LogP contribution in [0.5, 0.6) is 0 Å². The maximum Gasteiger partial charge on any atom is 0.421 e. The van der Waals surface area contributed by atoms with Crippen molar-refractivity contribution < 1.29 is 77.2 Å². The predicted molar refractivity (Wildman–Crippen MR) is 232 cm³/mol. The lowest BCUT2D eigenvalue weighted by molar-refractivity contribution is -0.910. The molecule has 0 atom stereocenters. The van der Waals surface area contributed by atoms with Gasteiger partial charge in [-0.25, -0.2) is 35.1 Å². The van der Waals surface area contributed by atoms with Crippen LogP contribution in [0.25, 0.3) is 0 Å². The number of anilines is 2. The molecule has 2 fully saturated rings. The number of aryl methyl sites for hydroxylation is 4. The van der Waals surface area contributed by atoms with Crippen LogP contribution < -0.4 is 43.7 Å². The third kappa shape index (κ3) is 18.4. The summed E-state index contributed by atoms with van der Waals surface area (Å²) in [6.07, 6.45) is 13.3. The molecule has 0 bridgehead atoms. The number of rotatable bonds is 15. The maximum absolute atomic E-state index is 9.22. The van der Waals surface area contributed by atoms with Crippen LogP contribution >= 0.6 is 0 Å². The summed E-state index contributed by atoms with van der Waals surface area (Å²) >= 11 is 0. The number of piperazine rings is 2. The molecule has 0 unspecified atom stereocenters. The van der Waals surface area contributed by atoms with Gasteiger partial charge in [-0.3, -0.25) is 8.37 Å². The first-order valence-electron chi connectivity index (χ1n) is 20.5. The summed E-state index contributed by atoms with van der Waals surface area (Å²) in [6.45, 7) is 11.8. The molecule has 2 saturated heterocycles. The SMILES string of the molecule is COS(=O)(=O)[O-].COS(=O)(=O)[O-].Cn1cc[n+](C)c1/N=N/c1ccc(N2CC[N+](C)(CCCCCC[N+]3(C)CCN(c4ccc(/N=N/c5n(C)cc[n+]5C)cc4)CC3)CC2)cc1.[Cl-].[Cl-]. The van der Waals surface area contributed by atoms with Gasteiger partial charge in [0.05, 0.1) is 147 Å². The molecule has 0 amide bonds. The molecule has 2 aliphatic rings. The van der Waals surface area contributed by atoms with Crippen LogP contribution in [0.2, 0.25) is 0 Å². The Morgan fingerprint density at radius 3 is 1.12 bits per heavy atom. The van der Waals surface area contributed by atoms with Gasteiger partial charge in [-0.15, -0.1) is 0 Å². The number of likely N-dealkylation sites (N-methyl/N-ethyl adjacent to an activating group) is 2. The van der Waals surface area contributed by atoms with Gasteiger partial charge in [0.15, 0.2) is 0 Å². The fourth-order valence-corrected chi connectivity index (χ4v) is 7.31. The van der Waals surface area contributed by atoms with E-state index in [4.69, 9.17) is 0 Å². The highest BCUT2D eigenvalue weighted by atomic mass is 35.5. The van der Waals surface area contributed by atoms with E-state index >= 15 is 0 Å². The first-order valence-corrected chi connectivity index (χ1v) is 23.1. The number of azo groups is 2. The Labute approximate surface area is 391 Å². The van der Waals surface area contributed by atoms with Crippen LogP contribution in [0.1, 0.15) is 25.7 Å². The molecule has 24 heteroatoms. The molecule has 4 heterocycles. The first kappa shape index (κ1) is 56.0.